The fraction of sp³-hybridized carbons (Fsp3) is 0.322. The molecule has 426 valence electrons. The zero-order valence-electron chi connectivity index (χ0n) is 46.9. The number of benzene rings is 4. The Balaban J connectivity index is 0.000000162. The Bertz CT molecular complexity index is 3470. The fourth-order valence-electron chi connectivity index (χ4n) is 9.54. The number of halogens is 1. The zero-order chi connectivity index (χ0) is 58.1. The Kier molecular flexibility index (Phi) is 19.7. The van der Waals surface area contributed by atoms with Crippen LogP contribution in [0.2, 0.25) is 0 Å². The van der Waals surface area contributed by atoms with E-state index in [4.69, 9.17) is 43.9 Å². The number of ether oxygens (including phenoxy) is 2. The molecule has 4 aliphatic heterocycles. The first kappa shape index (κ1) is 57.0. The van der Waals surface area contributed by atoms with Gasteiger partial charge in [-0.2, -0.15) is 4.99 Å². The number of hydrogen-bond donors (Lipinski definition) is 3. The third-order valence-corrected chi connectivity index (χ3v) is 14.5. The van der Waals surface area contributed by atoms with Crippen molar-refractivity contribution in [2.75, 3.05) is 152 Å². The molecule has 82 heavy (non-hydrogen) atoms. The average molecular weight is 1150 g/mol. The minimum atomic E-state index is -1.00. The standard InChI is InChI=1S/C29H32N8O2S.C17H15N5OS.C12H17N3O.CH3F/c1-34-13-15-36(16-14-34)28(38)22-6-10-24(11-7-22)31-29(40)30-23-8-4-21(5-9-23)26-32-27(35-17-19-39-20-18-35)25-3-2-12-37(25)33-26;24-12-18-14-5-3-13(4-6-14)16-19-17(21-8-10-23-11-9-21)15-2-1-7-22(15)20-16;1-14-6-8-15(9-7-14)12(16)10-2-4-11(13)5-3-10;1-2/h2-12H,13-20H2,1H3,(H2,30,31,40);1-7H,8-11H2;2-5H,6-9,13H2,1H3;1H3/i;;;1D. The second-order valence-electron chi connectivity index (χ2n) is 19.7. The number of nitrogen functional groups attached to an aromatic ring is 1. The number of piperazine rings is 2. The van der Waals surface area contributed by atoms with Crippen LogP contribution in [0.5, 0.6) is 0 Å². The van der Waals surface area contributed by atoms with Gasteiger partial charge in [-0.1, -0.05) is 0 Å². The number of hydrogen-bond acceptors (Lipinski definition) is 16. The summed E-state index contributed by atoms with van der Waals surface area (Å²) in [5.41, 5.74) is 13.9. The number of carbonyl (C=O) groups is 2. The van der Waals surface area contributed by atoms with Crippen molar-refractivity contribution in [1.29, 1.82) is 0 Å². The molecule has 20 nitrogen and oxygen atoms in total. The summed E-state index contributed by atoms with van der Waals surface area (Å²) in [5, 5.41) is 18.6. The van der Waals surface area contributed by atoms with Gasteiger partial charge in [0.25, 0.3) is 11.8 Å². The Morgan fingerprint density at radius 3 is 1.40 bits per heavy atom. The van der Waals surface area contributed by atoms with E-state index in [1.165, 1.54) is 0 Å². The lowest BCUT2D eigenvalue weighted by Gasteiger charge is -2.32. The van der Waals surface area contributed by atoms with Gasteiger partial charge in [-0.05, 0) is 160 Å². The number of nitrogens with one attached hydrogen (secondary N) is 2. The summed E-state index contributed by atoms with van der Waals surface area (Å²) < 4.78 is 30.2. The highest BCUT2D eigenvalue weighted by molar-refractivity contribution is 7.80. The van der Waals surface area contributed by atoms with E-state index >= 15 is 0 Å². The first-order valence-electron chi connectivity index (χ1n) is 27.7. The first-order valence-corrected chi connectivity index (χ1v) is 27.8. The second-order valence-corrected chi connectivity index (χ2v) is 20.3. The molecule has 2 amide bonds. The molecule has 0 bridgehead atoms. The molecule has 0 spiro atoms. The molecule has 0 aliphatic carbocycles. The highest BCUT2D eigenvalue weighted by atomic mass is 32.1. The summed E-state index contributed by atoms with van der Waals surface area (Å²) in [6, 6.07) is 38.1. The highest BCUT2D eigenvalue weighted by Crippen LogP contribution is 2.28. The molecule has 0 saturated carbocycles. The van der Waals surface area contributed by atoms with Crippen molar-refractivity contribution in [2.24, 2.45) is 4.99 Å². The largest absolute Gasteiger partial charge is 0.399 e. The van der Waals surface area contributed by atoms with Gasteiger partial charge in [-0.15, -0.1) is 10.2 Å². The van der Waals surface area contributed by atoms with Crippen molar-refractivity contribution < 1.29 is 24.8 Å². The van der Waals surface area contributed by atoms with Crippen LogP contribution in [-0.4, -0.2) is 197 Å². The number of anilines is 5. The number of aromatic nitrogens is 6. The number of fused-ring (bicyclic) bond motifs is 2. The van der Waals surface area contributed by atoms with Crippen molar-refractivity contribution in [3.05, 3.63) is 145 Å². The molecule has 0 atom stereocenters. The maximum Gasteiger partial charge on any atom is 0.253 e. The van der Waals surface area contributed by atoms with Crippen molar-refractivity contribution in [3.63, 3.8) is 0 Å². The Hall–Kier alpha value is -8.28. The van der Waals surface area contributed by atoms with Gasteiger partial charge < -0.3 is 55.2 Å². The van der Waals surface area contributed by atoms with E-state index in [2.05, 4.69) is 71.8 Å². The third-order valence-electron chi connectivity index (χ3n) is 14.2. The topological polar surface area (TPSA) is 195 Å². The van der Waals surface area contributed by atoms with Crippen LogP contribution in [0.4, 0.5) is 38.8 Å². The first-order chi connectivity index (χ1) is 40.5. The fourth-order valence-corrected chi connectivity index (χ4v) is 9.88. The van der Waals surface area contributed by atoms with Crippen molar-refractivity contribution in [1.82, 2.24) is 48.8 Å². The van der Waals surface area contributed by atoms with Crippen LogP contribution in [-0.2, 0) is 9.47 Å². The maximum absolute atomic E-state index is 12.8. The molecule has 0 unspecified atom stereocenters. The lowest BCUT2D eigenvalue weighted by atomic mass is 10.1. The molecule has 4 aliphatic rings. The second kappa shape index (κ2) is 28.4. The molecule has 4 fully saturated rings. The molecule has 0 radical (unpaired) electrons. The number of likely N-dealkylation sites (N-methyl/N-ethyl adjacent to an activating group) is 2. The predicted molar refractivity (Wildman–Crippen MR) is 329 cm³/mol. The zero-order valence-corrected chi connectivity index (χ0v) is 47.6. The van der Waals surface area contributed by atoms with E-state index in [9.17, 15) is 14.0 Å². The predicted octanol–water partition coefficient (Wildman–Crippen LogP) is 7.64. The van der Waals surface area contributed by atoms with Gasteiger partial charge in [0, 0.05) is 130 Å². The van der Waals surface area contributed by atoms with E-state index in [1.54, 1.807) is 24.3 Å². The van der Waals surface area contributed by atoms with Gasteiger partial charge >= 0.3 is 0 Å². The van der Waals surface area contributed by atoms with E-state index < -0.39 is 7.15 Å². The van der Waals surface area contributed by atoms with Crippen LogP contribution in [0.3, 0.4) is 0 Å². The molecule has 4 aromatic carbocycles. The van der Waals surface area contributed by atoms with Crippen molar-refractivity contribution in [3.8, 4) is 22.8 Å². The summed E-state index contributed by atoms with van der Waals surface area (Å²) >= 11 is 10.2. The number of morpholine rings is 2. The summed E-state index contributed by atoms with van der Waals surface area (Å²) in [6.07, 6.45) is 3.88. The molecular weight excluding hydrogens is 1080 g/mol. The molecule has 8 heterocycles. The number of isothiocyanates is 1. The number of nitrogens with two attached hydrogens (primary N) is 1. The smallest absolute Gasteiger partial charge is 0.253 e. The van der Waals surface area contributed by atoms with E-state index in [-0.39, 0.29) is 11.8 Å². The molecule has 4 N–H and O–H groups in total. The number of carbonyl (C=O) groups excluding carboxylic acids is 2. The lowest BCUT2D eigenvalue weighted by molar-refractivity contribution is 0.0657. The molecule has 4 saturated heterocycles. The van der Waals surface area contributed by atoms with E-state index in [1.807, 2.05) is 128 Å². The van der Waals surface area contributed by atoms with Crippen LogP contribution < -0.4 is 26.2 Å². The average Bonchev–Trinajstić information content (AvgIpc) is 4.41. The van der Waals surface area contributed by atoms with E-state index in [0.29, 0.717) is 41.2 Å². The minimum absolute atomic E-state index is 0.0670. The number of alkyl halides is 1. The quantitative estimate of drug-likeness (QED) is 0.0724. The molecule has 4 aromatic heterocycles. The molecular formula is C59H67FN16O4S2. The maximum atomic E-state index is 12.8. The number of rotatable bonds is 9. The summed E-state index contributed by atoms with van der Waals surface area (Å²) in [4.78, 5) is 51.3. The van der Waals surface area contributed by atoms with Gasteiger partial charge in [-0.25, -0.2) is 19.0 Å². The molecule has 8 aromatic rings. The lowest BCUT2D eigenvalue weighted by Crippen LogP contribution is -2.47. The molecule has 23 heteroatoms. The Labute approximate surface area is 488 Å². The van der Waals surface area contributed by atoms with Crippen LogP contribution in [0, 0.1) is 0 Å². The van der Waals surface area contributed by atoms with Crippen molar-refractivity contribution >= 4 is 91.9 Å². The SMILES string of the molecule is CN1CCN(C(=O)c2ccc(N)cc2)CC1.CN1CCN(C(=O)c2ccc(NC(=S)Nc3ccc(-c4nc(N5CCOCC5)c5cccn5n4)cc3)cc2)CC1.S=C=Nc1ccc(-c2nc(N3CCOCC3)c3cccn3n2)cc1.[2H]CF. The minimum Gasteiger partial charge on any atom is -0.399 e. The van der Waals surface area contributed by atoms with Gasteiger partial charge in [0.1, 0.15) is 11.0 Å². The van der Waals surface area contributed by atoms with Crippen molar-refractivity contribution in [2.45, 2.75) is 0 Å². The summed E-state index contributed by atoms with van der Waals surface area (Å²) in [5.74, 6) is 3.36. The summed E-state index contributed by atoms with van der Waals surface area (Å²) in [6.45, 7) is 12.9. The van der Waals surface area contributed by atoms with Crippen LogP contribution in [0.1, 0.15) is 22.1 Å². The Morgan fingerprint density at radius 1 is 0.598 bits per heavy atom. The van der Waals surface area contributed by atoms with Gasteiger partial charge in [0.15, 0.2) is 28.4 Å². The van der Waals surface area contributed by atoms with Crippen LogP contribution in [0.25, 0.3) is 33.8 Å². The van der Waals surface area contributed by atoms with Gasteiger partial charge in [-0.3, -0.25) is 14.0 Å². The number of aliphatic imine (C=N–C) groups is 1. The number of thiocarbonyl (C=S) groups is 2. The van der Waals surface area contributed by atoms with Gasteiger partial charge in [0.2, 0.25) is 0 Å². The van der Waals surface area contributed by atoms with Crippen LogP contribution in [0.15, 0.2) is 139 Å². The monoisotopic (exact) mass is 1150 g/mol. The summed E-state index contributed by atoms with van der Waals surface area (Å²) in [7, 11) is 3.15. The van der Waals surface area contributed by atoms with Crippen LogP contribution >= 0.6 is 24.4 Å². The molecule has 12 rings (SSSR count). The highest BCUT2D eigenvalue weighted by Gasteiger charge is 2.23. The number of amides is 2. The van der Waals surface area contributed by atoms with E-state index in [0.717, 1.165) is 148 Å². The van der Waals surface area contributed by atoms with Gasteiger partial charge in [0.05, 0.1) is 45.8 Å². The third kappa shape index (κ3) is 15.0. The number of nitrogens with zero attached hydrogens (tertiary/aromatic N) is 13. The Morgan fingerprint density at radius 2 is 0.988 bits per heavy atom. The normalized spacial score (nSPS) is 15.8.